The molecule has 1 fully saturated rings. The molecule has 138 valence electrons. The summed E-state index contributed by atoms with van der Waals surface area (Å²) in [6.45, 7) is 0. The smallest absolute Gasteiger partial charge is 0.206 e. The first-order chi connectivity index (χ1) is 13.3. The second-order valence-corrected chi connectivity index (χ2v) is 7.16. The molecule has 3 aromatic rings. The van der Waals surface area contributed by atoms with Gasteiger partial charge in [-0.05, 0) is 66.9 Å². The van der Waals surface area contributed by atoms with Crippen molar-refractivity contribution in [3.8, 4) is 22.8 Å². The molecular weight excluding hydrogens is 358 g/mol. The summed E-state index contributed by atoms with van der Waals surface area (Å²) in [4.78, 5) is 5.74. The highest BCUT2D eigenvalue weighted by atomic mass is 32.1. The van der Waals surface area contributed by atoms with Gasteiger partial charge in [0.2, 0.25) is 4.80 Å². The maximum atomic E-state index is 5.26. The fourth-order valence-electron chi connectivity index (χ4n) is 2.63. The molecule has 5 nitrogen and oxygen atoms in total. The van der Waals surface area contributed by atoms with Crippen molar-refractivity contribution in [3.05, 3.63) is 64.3 Å². The van der Waals surface area contributed by atoms with Crippen LogP contribution in [0.1, 0.15) is 18.4 Å². The Kier molecular flexibility index (Phi) is 5.07. The molecule has 0 radical (unpaired) electrons. The van der Waals surface area contributed by atoms with Gasteiger partial charge in [0, 0.05) is 10.9 Å². The van der Waals surface area contributed by atoms with Gasteiger partial charge >= 0.3 is 0 Å². The first-order valence-corrected chi connectivity index (χ1v) is 9.72. The summed E-state index contributed by atoms with van der Waals surface area (Å²) >= 11 is 1.62. The number of thiazole rings is 1. The molecule has 1 aromatic heterocycles. The molecular formula is C21H21N3O2S. The second kappa shape index (κ2) is 7.80. The van der Waals surface area contributed by atoms with E-state index >= 15 is 0 Å². The molecule has 27 heavy (non-hydrogen) atoms. The van der Waals surface area contributed by atoms with Crippen molar-refractivity contribution < 1.29 is 9.47 Å². The van der Waals surface area contributed by atoms with Gasteiger partial charge in [0.1, 0.15) is 11.5 Å². The SMILES string of the molecule is COc1ccc(C=Nn2c(-c3ccc(OC)cc3)csc2=NC2CC2)cc1. The summed E-state index contributed by atoms with van der Waals surface area (Å²) in [5, 5.41) is 6.83. The Labute approximate surface area is 162 Å². The Hall–Kier alpha value is -2.86. The van der Waals surface area contributed by atoms with Gasteiger partial charge < -0.3 is 9.47 Å². The summed E-state index contributed by atoms with van der Waals surface area (Å²) < 4.78 is 12.4. The van der Waals surface area contributed by atoms with Crippen LogP contribution in [0, 0.1) is 0 Å². The number of methoxy groups -OCH3 is 2. The predicted molar refractivity (Wildman–Crippen MR) is 109 cm³/mol. The highest BCUT2D eigenvalue weighted by Gasteiger charge is 2.20. The van der Waals surface area contributed by atoms with E-state index in [4.69, 9.17) is 19.6 Å². The summed E-state index contributed by atoms with van der Waals surface area (Å²) in [5.41, 5.74) is 3.11. The van der Waals surface area contributed by atoms with Gasteiger partial charge in [-0.1, -0.05) is 0 Å². The predicted octanol–water partition coefficient (Wildman–Crippen LogP) is 4.18. The normalized spacial score (nSPS) is 14.7. The lowest BCUT2D eigenvalue weighted by atomic mass is 10.2. The third kappa shape index (κ3) is 4.11. The molecule has 0 spiro atoms. The van der Waals surface area contributed by atoms with Crippen LogP contribution in [0.3, 0.4) is 0 Å². The van der Waals surface area contributed by atoms with Gasteiger partial charge in [0.05, 0.1) is 32.2 Å². The lowest BCUT2D eigenvalue weighted by Gasteiger charge is -2.05. The first-order valence-electron chi connectivity index (χ1n) is 8.84. The molecule has 0 atom stereocenters. The van der Waals surface area contributed by atoms with Crippen LogP contribution < -0.4 is 14.3 Å². The van der Waals surface area contributed by atoms with Crippen molar-refractivity contribution in [2.45, 2.75) is 18.9 Å². The number of aromatic nitrogens is 1. The number of hydrogen-bond donors (Lipinski definition) is 0. The molecule has 1 aliphatic carbocycles. The molecule has 4 rings (SSSR count). The van der Waals surface area contributed by atoms with Crippen molar-refractivity contribution in [2.24, 2.45) is 10.1 Å². The number of rotatable bonds is 6. The van der Waals surface area contributed by atoms with Gasteiger partial charge in [0.15, 0.2) is 0 Å². The molecule has 0 aliphatic heterocycles. The van der Waals surface area contributed by atoms with Crippen LogP contribution >= 0.6 is 11.3 Å². The first kappa shape index (κ1) is 17.5. The van der Waals surface area contributed by atoms with Crippen molar-refractivity contribution >= 4 is 17.6 Å². The maximum absolute atomic E-state index is 5.26. The largest absolute Gasteiger partial charge is 0.497 e. The second-order valence-electron chi connectivity index (χ2n) is 6.32. The van der Waals surface area contributed by atoms with E-state index in [1.165, 1.54) is 0 Å². The minimum absolute atomic E-state index is 0.440. The van der Waals surface area contributed by atoms with Crippen molar-refractivity contribution in [1.82, 2.24) is 4.68 Å². The zero-order valence-electron chi connectivity index (χ0n) is 15.3. The Morgan fingerprint density at radius 2 is 1.59 bits per heavy atom. The molecule has 0 saturated heterocycles. The van der Waals surface area contributed by atoms with E-state index in [0.29, 0.717) is 6.04 Å². The molecule has 1 saturated carbocycles. The molecule has 6 heteroatoms. The standard InChI is InChI=1S/C21H21N3O2S/c1-25-18-9-3-15(4-10-18)13-22-24-20(14-27-21(24)23-17-7-8-17)16-5-11-19(26-2)12-6-16/h3-6,9-14,17H,7-8H2,1-2H3. The van der Waals surface area contributed by atoms with Crippen molar-refractivity contribution in [2.75, 3.05) is 14.2 Å². The Balaban J connectivity index is 1.71. The van der Waals surface area contributed by atoms with Crippen molar-refractivity contribution in [3.63, 3.8) is 0 Å². The van der Waals surface area contributed by atoms with Crippen LogP contribution in [0.5, 0.6) is 11.5 Å². The third-order valence-electron chi connectivity index (χ3n) is 4.35. The number of nitrogens with zero attached hydrogens (tertiary/aromatic N) is 3. The summed E-state index contributed by atoms with van der Waals surface area (Å²) in [5.74, 6) is 1.67. The highest BCUT2D eigenvalue weighted by molar-refractivity contribution is 7.07. The zero-order valence-corrected chi connectivity index (χ0v) is 16.1. The molecule has 0 amide bonds. The lowest BCUT2D eigenvalue weighted by molar-refractivity contribution is 0.414. The molecule has 1 heterocycles. The molecule has 2 aromatic carbocycles. The van der Waals surface area contributed by atoms with Crippen LogP contribution in [0.25, 0.3) is 11.3 Å². The monoisotopic (exact) mass is 379 g/mol. The summed E-state index contributed by atoms with van der Waals surface area (Å²) in [6, 6.07) is 16.3. The van der Waals surface area contributed by atoms with E-state index < -0.39 is 0 Å². The van der Waals surface area contributed by atoms with E-state index in [2.05, 4.69) is 5.38 Å². The van der Waals surface area contributed by atoms with Crippen LogP contribution in [-0.4, -0.2) is 31.2 Å². The fraction of sp³-hybridized carbons (Fsp3) is 0.238. The van der Waals surface area contributed by atoms with Gasteiger partial charge in [-0.2, -0.15) is 5.10 Å². The fourth-order valence-corrected chi connectivity index (χ4v) is 3.54. The topological polar surface area (TPSA) is 48.1 Å². The quantitative estimate of drug-likeness (QED) is 0.603. The van der Waals surface area contributed by atoms with Gasteiger partial charge in [0.25, 0.3) is 0 Å². The minimum Gasteiger partial charge on any atom is -0.497 e. The molecule has 0 unspecified atom stereocenters. The van der Waals surface area contributed by atoms with Crippen molar-refractivity contribution in [1.29, 1.82) is 0 Å². The number of hydrogen-bond acceptors (Lipinski definition) is 5. The minimum atomic E-state index is 0.440. The van der Waals surface area contributed by atoms with Crippen LogP contribution in [-0.2, 0) is 0 Å². The lowest BCUT2D eigenvalue weighted by Crippen LogP contribution is -2.13. The molecule has 1 aliphatic rings. The van der Waals surface area contributed by atoms with Gasteiger partial charge in [-0.15, -0.1) is 11.3 Å². The van der Waals surface area contributed by atoms with Gasteiger partial charge in [-0.3, -0.25) is 4.99 Å². The highest BCUT2D eigenvalue weighted by Crippen LogP contribution is 2.25. The van der Waals surface area contributed by atoms with Crippen LogP contribution in [0.2, 0.25) is 0 Å². The Morgan fingerprint density at radius 1 is 0.963 bits per heavy atom. The third-order valence-corrected chi connectivity index (χ3v) is 5.18. The summed E-state index contributed by atoms with van der Waals surface area (Å²) in [7, 11) is 3.34. The van der Waals surface area contributed by atoms with E-state index in [0.717, 1.165) is 46.0 Å². The number of ether oxygens (including phenoxy) is 2. The molecule has 0 N–H and O–H groups in total. The Morgan fingerprint density at radius 3 is 2.19 bits per heavy atom. The van der Waals surface area contributed by atoms with E-state index in [1.54, 1.807) is 25.6 Å². The van der Waals surface area contributed by atoms with Crippen LogP contribution in [0.15, 0.2) is 64.0 Å². The maximum Gasteiger partial charge on any atom is 0.206 e. The average molecular weight is 379 g/mol. The van der Waals surface area contributed by atoms with Gasteiger partial charge in [-0.25, -0.2) is 4.68 Å². The summed E-state index contributed by atoms with van der Waals surface area (Å²) in [6.07, 6.45) is 4.18. The number of benzene rings is 2. The van der Waals surface area contributed by atoms with E-state index in [-0.39, 0.29) is 0 Å². The van der Waals surface area contributed by atoms with E-state index in [1.807, 2.05) is 59.4 Å². The molecule has 0 bridgehead atoms. The Bertz CT molecular complexity index is 997. The van der Waals surface area contributed by atoms with Crippen LogP contribution in [0.4, 0.5) is 0 Å². The average Bonchev–Trinajstić information content (AvgIpc) is 3.45. The van der Waals surface area contributed by atoms with E-state index in [9.17, 15) is 0 Å². The zero-order chi connectivity index (χ0) is 18.6.